The van der Waals surface area contributed by atoms with Crippen molar-refractivity contribution in [2.45, 2.75) is 13.2 Å². The molecule has 0 saturated heterocycles. The van der Waals surface area contributed by atoms with Crippen molar-refractivity contribution in [2.24, 2.45) is 0 Å². The van der Waals surface area contributed by atoms with Crippen LogP contribution in [-0.2, 0) is 13.2 Å². The maximum atomic E-state index is 6.13. The van der Waals surface area contributed by atoms with Gasteiger partial charge in [0.1, 0.15) is 12.4 Å². The minimum Gasteiger partial charge on any atom is -0.487 e. The second kappa shape index (κ2) is 9.27. The van der Waals surface area contributed by atoms with E-state index in [0.717, 1.165) is 36.0 Å². The average Bonchev–Trinajstić information content (AvgIpc) is 2.63. The highest BCUT2D eigenvalue weighted by atomic mass is 79.9. The van der Waals surface area contributed by atoms with E-state index in [1.807, 2.05) is 48.5 Å². The molecule has 134 valence electrons. The third-order valence-electron chi connectivity index (χ3n) is 3.70. The van der Waals surface area contributed by atoms with Crippen molar-refractivity contribution in [3.05, 3.63) is 90.2 Å². The molecular formula is C20H15Br3ClNO. The molecule has 0 aliphatic rings. The third kappa shape index (κ3) is 5.26. The Morgan fingerprint density at radius 2 is 1.50 bits per heavy atom. The van der Waals surface area contributed by atoms with E-state index < -0.39 is 0 Å². The number of ether oxygens (including phenoxy) is 1. The fourth-order valence-electron chi connectivity index (χ4n) is 2.39. The number of anilines is 1. The van der Waals surface area contributed by atoms with Gasteiger partial charge in [0, 0.05) is 16.7 Å². The maximum Gasteiger partial charge on any atom is 0.148 e. The predicted molar refractivity (Wildman–Crippen MR) is 119 cm³/mol. The predicted octanol–water partition coefficient (Wildman–Crippen LogP) is 7.82. The molecule has 2 nitrogen and oxygen atoms in total. The molecule has 0 unspecified atom stereocenters. The first-order valence-corrected chi connectivity index (χ1v) is 10.6. The summed E-state index contributed by atoms with van der Waals surface area (Å²) in [6, 6.07) is 20.0. The van der Waals surface area contributed by atoms with Crippen molar-refractivity contribution in [3.63, 3.8) is 0 Å². The summed E-state index contributed by atoms with van der Waals surface area (Å²) < 4.78 is 8.67. The molecule has 3 aromatic rings. The first-order valence-electron chi connectivity index (χ1n) is 7.86. The molecule has 0 bridgehead atoms. The maximum absolute atomic E-state index is 6.13. The summed E-state index contributed by atoms with van der Waals surface area (Å²) >= 11 is 16.7. The van der Waals surface area contributed by atoms with Crippen LogP contribution in [0.4, 0.5) is 5.69 Å². The van der Waals surface area contributed by atoms with Gasteiger partial charge in [0.25, 0.3) is 0 Å². The molecule has 26 heavy (non-hydrogen) atoms. The largest absolute Gasteiger partial charge is 0.487 e. The quantitative estimate of drug-likeness (QED) is 0.332. The molecule has 0 aliphatic carbocycles. The number of benzene rings is 3. The minimum absolute atomic E-state index is 0.521. The van der Waals surface area contributed by atoms with E-state index in [4.69, 9.17) is 16.3 Å². The first-order chi connectivity index (χ1) is 12.5. The van der Waals surface area contributed by atoms with Gasteiger partial charge in [-0.2, -0.15) is 0 Å². The molecule has 0 amide bonds. The van der Waals surface area contributed by atoms with Crippen LogP contribution in [0.15, 0.2) is 74.1 Å². The van der Waals surface area contributed by atoms with Crippen LogP contribution in [-0.4, -0.2) is 0 Å². The number of rotatable bonds is 6. The number of hydrogen-bond acceptors (Lipinski definition) is 2. The Balaban J connectivity index is 1.67. The van der Waals surface area contributed by atoms with E-state index in [1.54, 1.807) is 0 Å². The number of nitrogens with one attached hydrogen (secondary N) is 1. The van der Waals surface area contributed by atoms with E-state index >= 15 is 0 Å². The topological polar surface area (TPSA) is 21.3 Å². The van der Waals surface area contributed by atoms with Crippen molar-refractivity contribution in [2.75, 3.05) is 5.32 Å². The molecule has 0 saturated carbocycles. The van der Waals surface area contributed by atoms with Crippen molar-refractivity contribution in [1.29, 1.82) is 0 Å². The Kier molecular flexibility index (Phi) is 7.04. The first kappa shape index (κ1) is 19.7. The molecule has 0 aromatic heterocycles. The number of halogens is 4. The van der Waals surface area contributed by atoms with Crippen LogP contribution < -0.4 is 10.1 Å². The summed E-state index contributed by atoms with van der Waals surface area (Å²) in [5.41, 5.74) is 3.22. The highest BCUT2D eigenvalue weighted by Crippen LogP contribution is 2.35. The molecule has 0 atom stereocenters. The van der Waals surface area contributed by atoms with Gasteiger partial charge in [0.05, 0.1) is 14.0 Å². The molecule has 0 spiro atoms. The van der Waals surface area contributed by atoms with Gasteiger partial charge in [-0.1, -0.05) is 41.9 Å². The van der Waals surface area contributed by atoms with Crippen LogP contribution >= 0.6 is 59.4 Å². The van der Waals surface area contributed by atoms with E-state index in [-0.39, 0.29) is 0 Å². The van der Waals surface area contributed by atoms with Gasteiger partial charge in [-0.15, -0.1) is 0 Å². The summed E-state index contributed by atoms with van der Waals surface area (Å²) in [6.45, 7) is 1.20. The Hall–Kier alpha value is -1.01. The second-order valence-corrected chi connectivity index (χ2v) is 8.62. The van der Waals surface area contributed by atoms with Crippen LogP contribution in [0.1, 0.15) is 11.1 Å². The molecule has 0 aliphatic heterocycles. The standard InChI is InChI=1S/C20H15Br3ClNO/c21-16-7-6-15(10-19(16)24)25-11-14-8-17(22)20(18(23)9-14)26-12-13-4-2-1-3-5-13/h1-10,25H,11-12H2. The molecule has 0 fully saturated rings. The third-order valence-corrected chi connectivity index (χ3v) is 6.11. The van der Waals surface area contributed by atoms with Gasteiger partial charge in [-0.25, -0.2) is 0 Å². The van der Waals surface area contributed by atoms with Gasteiger partial charge < -0.3 is 10.1 Å². The number of hydrogen-bond donors (Lipinski definition) is 1. The lowest BCUT2D eigenvalue weighted by atomic mass is 10.2. The Labute approximate surface area is 183 Å². The monoisotopic (exact) mass is 557 g/mol. The Morgan fingerprint density at radius 3 is 2.15 bits per heavy atom. The van der Waals surface area contributed by atoms with Crippen molar-refractivity contribution >= 4 is 65.1 Å². The zero-order chi connectivity index (χ0) is 18.5. The van der Waals surface area contributed by atoms with E-state index in [9.17, 15) is 0 Å². The lowest BCUT2D eigenvalue weighted by molar-refractivity contribution is 0.302. The summed E-state index contributed by atoms with van der Waals surface area (Å²) in [5, 5.41) is 4.06. The molecule has 3 aromatic carbocycles. The fraction of sp³-hybridized carbons (Fsp3) is 0.100. The van der Waals surface area contributed by atoms with E-state index in [1.165, 1.54) is 0 Å². The van der Waals surface area contributed by atoms with Crippen molar-refractivity contribution < 1.29 is 4.74 Å². The highest BCUT2D eigenvalue weighted by molar-refractivity contribution is 9.11. The zero-order valence-electron chi connectivity index (χ0n) is 13.6. The van der Waals surface area contributed by atoms with Gasteiger partial charge >= 0.3 is 0 Å². The summed E-state index contributed by atoms with van der Waals surface area (Å²) in [5.74, 6) is 0.796. The van der Waals surface area contributed by atoms with Crippen LogP contribution in [0, 0.1) is 0 Å². The second-order valence-electron chi connectivity index (χ2n) is 5.65. The lowest BCUT2D eigenvalue weighted by Gasteiger charge is -2.13. The van der Waals surface area contributed by atoms with Gasteiger partial charge in [-0.3, -0.25) is 0 Å². The van der Waals surface area contributed by atoms with Gasteiger partial charge in [0.2, 0.25) is 0 Å². The summed E-state index contributed by atoms with van der Waals surface area (Å²) in [7, 11) is 0. The molecular weight excluding hydrogens is 545 g/mol. The summed E-state index contributed by atoms with van der Waals surface area (Å²) in [4.78, 5) is 0. The van der Waals surface area contributed by atoms with Gasteiger partial charge in [0.15, 0.2) is 0 Å². The SMILES string of the molecule is Clc1cc(NCc2cc(Br)c(OCc3ccccc3)c(Br)c2)ccc1Br. The van der Waals surface area contributed by atoms with Crippen LogP contribution in [0.3, 0.4) is 0 Å². The van der Waals surface area contributed by atoms with Crippen LogP contribution in [0.5, 0.6) is 5.75 Å². The van der Waals surface area contributed by atoms with Gasteiger partial charge in [-0.05, 0) is 89.2 Å². The lowest BCUT2D eigenvalue weighted by Crippen LogP contribution is -2.01. The molecule has 3 rings (SSSR count). The molecule has 6 heteroatoms. The normalized spacial score (nSPS) is 10.6. The van der Waals surface area contributed by atoms with Crippen molar-refractivity contribution in [1.82, 2.24) is 0 Å². The zero-order valence-corrected chi connectivity index (χ0v) is 19.1. The van der Waals surface area contributed by atoms with E-state index in [2.05, 4.69) is 65.2 Å². The van der Waals surface area contributed by atoms with E-state index in [0.29, 0.717) is 18.2 Å². The summed E-state index contributed by atoms with van der Waals surface area (Å²) in [6.07, 6.45) is 0. The molecule has 1 N–H and O–H groups in total. The van der Waals surface area contributed by atoms with Crippen molar-refractivity contribution in [3.8, 4) is 5.75 Å². The Bertz CT molecular complexity index is 880. The Morgan fingerprint density at radius 1 is 0.808 bits per heavy atom. The van der Waals surface area contributed by atoms with Crippen LogP contribution in [0.2, 0.25) is 5.02 Å². The average molecular weight is 561 g/mol. The smallest absolute Gasteiger partial charge is 0.148 e. The highest BCUT2D eigenvalue weighted by Gasteiger charge is 2.10. The molecule has 0 radical (unpaired) electrons. The fourth-order valence-corrected chi connectivity index (χ4v) is 4.33. The molecule has 0 heterocycles. The minimum atomic E-state index is 0.521. The van der Waals surface area contributed by atoms with Crippen LogP contribution in [0.25, 0.3) is 0 Å².